The summed E-state index contributed by atoms with van der Waals surface area (Å²) in [6, 6.07) is 17.7. The molecule has 0 heterocycles. The molecule has 3 rings (SSSR count). The number of nitro groups is 1. The summed E-state index contributed by atoms with van der Waals surface area (Å²) in [7, 11) is 1.26. The molecule has 0 bridgehead atoms. The van der Waals surface area contributed by atoms with Crippen molar-refractivity contribution in [2.75, 3.05) is 12.4 Å². The number of amides is 2. The average molecular weight is 480 g/mol. The summed E-state index contributed by atoms with van der Waals surface area (Å²) < 4.78 is 4.64. The van der Waals surface area contributed by atoms with Gasteiger partial charge in [-0.3, -0.25) is 19.7 Å². The summed E-state index contributed by atoms with van der Waals surface area (Å²) in [4.78, 5) is 47.9. The van der Waals surface area contributed by atoms with Crippen molar-refractivity contribution in [2.45, 2.75) is 0 Å². The minimum Gasteiger partial charge on any atom is -0.465 e. The molecule has 0 aliphatic rings. The van der Waals surface area contributed by atoms with Gasteiger partial charge in [-0.05, 0) is 54.1 Å². The first kappa shape index (κ1) is 24.1. The second kappa shape index (κ2) is 10.9. The molecule has 2 N–H and O–H groups in total. The van der Waals surface area contributed by atoms with E-state index < -0.39 is 22.7 Å². The lowest BCUT2D eigenvalue weighted by molar-refractivity contribution is -0.384. The molecule has 0 saturated heterocycles. The first-order valence-corrected chi connectivity index (χ1v) is 10.2. The normalized spacial score (nSPS) is 10.8. The molecule has 0 saturated carbocycles. The Morgan fingerprint density at radius 2 is 1.68 bits per heavy atom. The van der Waals surface area contributed by atoms with E-state index >= 15 is 0 Å². The number of ether oxygens (including phenoxy) is 1. The van der Waals surface area contributed by atoms with Gasteiger partial charge in [-0.2, -0.15) is 0 Å². The number of halogens is 1. The third kappa shape index (κ3) is 6.27. The van der Waals surface area contributed by atoms with E-state index in [2.05, 4.69) is 15.4 Å². The Kier molecular flexibility index (Phi) is 7.73. The van der Waals surface area contributed by atoms with Gasteiger partial charge in [-0.25, -0.2) is 4.79 Å². The molecule has 34 heavy (non-hydrogen) atoms. The number of nitrogens with one attached hydrogen (secondary N) is 2. The van der Waals surface area contributed by atoms with E-state index in [1.54, 1.807) is 18.2 Å². The van der Waals surface area contributed by atoms with Gasteiger partial charge in [0, 0.05) is 28.4 Å². The van der Waals surface area contributed by atoms with Gasteiger partial charge in [0.2, 0.25) is 0 Å². The van der Waals surface area contributed by atoms with Gasteiger partial charge >= 0.3 is 5.97 Å². The molecule has 0 aliphatic carbocycles. The first-order valence-electron chi connectivity index (χ1n) is 9.79. The molecule has 9 nitrogen and oxygen atoms in total. The lowest BCUT2D eigenvalue weighted by Gasteiger charge is -2.12. The van der Waals surface area contributed by atoms with Crippen LogP contribution in [0.5, 0.6) is 0 Å². The van der Waals surface area contributed by atoms with Crippen molar-refractivity contribution in [3.05, 3.63) is 110 Å². The van der Waals surface area contributed by atoms with Gasteiger partial charge < -0.3 is 15.4 Å². The molecule has 172 valence electrons. The Hall–Kier alpha value is -4.50. The standard InChI is InChI=1S/C24H18ClN3O6/c1-34-24(31)16-8-10-19(11-9-16)26-23(30)21(13-15-4-2-7-20(12-15)28(32)33)27-22(29)17-5-3-6-18(25)14-17/h2-14H,1H3,(H,26,30)(H,27,29)/b21-13-. The van der Waals surface area contributed by atoms with Crippen LogP contribution in [-0.4, -0.2) is 29.8 Å². The first-order chi connectivity index (χ1) is 16.3. The van der Waals surface area contributed by atoms with E-state index in [1.165, 1.54) is 67.8 Å². The van der Waals surface area contributed by atoms with Crippen LogP contribution in [0.15, 0.2) is 78.5 Å². The van der Waals surface area contributed by atoms with Crippen LogP contribution >= 0.6 is 11.6 Å². The smallest absolute Gasteiger partial charge is 0.337 e. The quantitative estimate of drug-likeness (QED) is 0.223. The number of carbonyl (C=O) groups is 3. The number of esters is 1. The third-order valence-electron chi connectivity index (χ3n) is 4.54. The Morgan fingerprint density at radius 3 is 2.32 bits per heavy atom. The zero-order valence-corrected chi connectivity index (χ0v) is 18.5. The Morgan fingerprint density at radius 1 is 0.971 bits per heavy atom. The molecular formula is C24H18ClN3O6. The van der Waals surface area contributed by atoms with Crippen molar-refractivity contribution >= 4 is 46.8 Å². The molecule has 0 aliphatic heterocycles. The van der Waals surface area contributed by atoms with Crippen molar-refractivity contribution in [3.8, 4) is 0 Å². The summed E-state index contributed by atoms with van der Waals surface area (Å²) in [6.45, 7) is 0. The molecule has 10 heteroatoms. The van der Waals surface area contributed by atoms with E-state index in [-0.39, 0.29) is 16.9 Å². The minimum atomic E-state index is -0.687. The topological polar surface area (TPSA) is 128 Å². The molecule has 0 radical (unpaired) electrons. The predicted molar refractivity (Wildman–Crippen MR) is 126 cm³/mol. The zero-order valence-electron chi connectivity index (χ0n) is 17.8. The van der Waals surface area contributed by atoms with Crippen molar-refractivity contribution in [3.63, 3.8) is 0 Å². The number of non-ortho nitro benzene ring substituents is 1. The van der Waals surface area contributed by atoms with Crippen LogP contribution in [0.3, 0.4) is 0 Å². The SMILES string of the molecule is COC(=O)c1ccc(NC(=O)/C(=C/c2cccc([N+](=O)[O-])c2)NC(=O)c2cccc(Cl)c2)cc1. The highest BCUT2D eigenvalue weighted by molar-refractivity contribution is 6.31. The van der Waals surface area contributed by atoms with Gasteiger partial charge in [0.05, 0.1) is 17.6 Å². The molecule has 0 aromatic heterocycles. The molecule has 2 amide bonds. The van der Waals surface area contributed by atoms with Crippen LogP contribution in [0.4, 0.5) is 11.4 Å². The monoisotopic (exact) mass is 479 g/mol. The second-order valence-corrected chi connectivity index (χ2v) is 7.33. The van der Waals surface area contributed by atoms with Crippen LogP contribution in [-0.2, 0) is 9.53 Å². The van der Waals surface area contributed by atoms with E-state index in [0.29, 0.717) is 21.8 Å². The maximum Gasteiger partial charge on any atom is 0.337 e. The number of hydrogen-bond donors (Lipinski definition) is 2. The number of carbonyl (C=O) groups excluding carboxylic acids is 3. The largest absolute Gasteiger partial charge is 0.465 e. The Bertz CT molecular complexity index is 1290. The fraction of sp³-hybridized carbons (Fsp3) is 0.0417. The highest BCUT2D eigenvalue weighted by Crippen LogP contribution is 2.18. The zero-order chi connectivity index (χ0) is 24.7. The summed E-state index contributed by atoms with van der Waals surface area (Å²) in [5, 5.41) is 16.6. The molecule has 3 aromatic carbocycles. The number of nitrogens with zero attached hydrogens (tertiary/aromatic N) is 1. The van der Waals surface area contributed by atoms with Gasteiger partial charge in [0.15, 0.2) is 0 Å². The fourth-order valence-electron chi connectivity index (χ4n) is 2.88. The van der Waals surface area contributed by atoms with E-state index in [1.807, 2.05) is 0 Å². The number of hydrogen-bond acceptors (Lipinski definition) is 6. The highest BCUT2D eigenvalue weighted by Gasteiger charge is 2.16. The minimum absolute atomic E-state index is 0.164. The van der Waals surface area contributed by atoms with Crippen molar-refractivity contribution in [2.24, 2.45) is 0 Å². The number of rotatable bonds is 7. The number of anilines is 1. The van der Waals surface area contributed by atoms with Crippen LogP contribution in [0.2, 0.25) is 5.02 Å². The Labute approximate surface area is 199 Å². The average Bonchev–Trinajstić information content (AvgIpc) is 2.83. The van der Waals surface area contributed by atoms with Crippen molar-refractivity contribution in [1.29, 1.82) is 0 Å². The maximum atomic E-state index is 13.0. The molecule has 0 unspecified atom stereocenters. The van der Waals surface area contributed by atoms with Gasteiger partial charge in [0.1, 0.15) is 5.70 Å². The predicted octanol–water partition coefficient (Wildman–Crippen LogP) is 4.44. The second-order valence-electron chi connectivity index (χ2n) is 6.90. The van der Waals surface area contributed by atoms with Gasteiger partial charge in [-0.1, -0.05) is 29.8 Å². The summed E-state index contributed by atoms with van der Waals surface area (Å²) in [5.74, 6) is -1.82. The number of benzene rings is 3. The summed E-state index contributed by atoms with van der Waals surface area (Å²) in [6.07, 6.45) is 1.31. The summed E-state index contributed by atoms with van der Waals surface area (Å²) in [5.41, 5.74) is 0.844. The molecular weight excluding hydrogens is 462 g/mol. The van der Waals surface area contributed by atoms with Crippen LogP contribution in [0, 0.1) is 10.1 Å². The van der Waals surface area contributed by atoms with Gasteiger partial charge in [-0.15, -0.1) is 0 Å². The highest BCUT2D eigenvalue weighted by atomic mass is 35.5. The van der Waals surface area contributed by atoms with Crippen LogP contribution < -0.4 is 10.6 Å². The lowest BCUT2D eigenvalue weighted by Crippen LogP contribution is -2.30. The lowest BCUT2D eigenvalue weighted by atomic mass is 10.1. The molecule has 3 aromatic rings. The number of nitro benzene ring substituents is 1. The van der Waals surface area contributed by atoms with E-state index in [9.17, 15) is 24.5 Å². The summed E-state index contributed by atoms with van der Waals surface area (Å²) >= 11 is 5.95. The third-order valence-corrected chi connectivity index (χ3v) is 4.77. The molecule has 0 atom stereocenters. The maximum absolute atomic E-state index is 13.0. The van der Waals surface area contributed by atoms with Crippen molar-refractivity contribution < 1.29 is 24.0 Å². The fourth-order valence-corrected chi connectivity index (χ4v) is 3.07. The van der Waals surface area contributed by atoms with E-state index in [0.717, 1.165) is 0 Å². The molecule has 0 spiro atoms. The van der Waals surface area contributed by atoms with Crippen LogP contribution in [0.1, 0.15) is 26.3 Å². The molecule has 0 fully saturated rings. The Balaban J connectivity index is 1.91. The van der Waals surface area contributed by atoms with Crippen LogP contribution in [0.25, 0.3) is 6.08 Å². The van der Waals surface area contributed by atoms with Gasteiger partial charge in [0.25, 0.3) is 17.5 Å². The van der Waals surface area contributed by atoms with E-state index in [4.69, 9.17) is 11.6 Å². The van der Waals surface area contributed by atoms with Crippen molar-refractivity contribution in [1.82, 2.24) is 5.32 Å². The number of methoxy groups -OCH3 is 1.